The highest BCUT2D eigenvalue weighted by Gasteiger charge is 2.47. The minimum Gasteiger partial charge on any atom is -0.479 e. The standard InChI is InChI=1S/C51H84O11/c1-3-5-7-9-11-13-15-17-19-21-22-24-25-27-29-31-33-35-37-39-44(52)59-41-43(42-60-51-48(56)46(54)47(55)49(62-51)50(57)58)61-45(53)40-38-36-34-32-30-28-26-23-20-18-16-14-12-10-8-6-4-2/h5,7,11,13,17,19,22,24,27,29,33,35,43,46-49,51,54-56H,3-4,6,8-10,12,14-16,18,20-21,23,25-26,28,30-32,34,36-42H2,1-2H3,(H,57,58)/b7-5-,13-11-,19-17-,24-22-,29-27-,35-33-. The summed E-state index contributed by atoms with van der Waals surface area (Å²) in [5.41, 5.74) is 0. The van der Waals surface area contributed by atoms with Crippen LogP contribution in [0.25, 0.3) is 0 Å². The maximum Gasteiger partial charge on any atom is 0.335 e. The molecule has 1 rings (SSSR count). The third-order valence-electron chi connectivity index (χ3n) is 10.6. The summed E-state index contributed by atoms with van der Waals surface area (Å²) < 4.78 is 21.7. The lowest BCUT2D eigenvalue weighted by atomic mass is 9.99. The largest absolute Gasteiger partial charge is 0.479 e. The zero-order chi connectivity index (χ0) is 45.3. The van der Waals surface area contributed by atoms with Crippen LogP contribution in [0, 0.1) is 0 Å². The number of carbonyl (C=O) groups excluding carboxylic acids is 2. The van der Waals surface area contributed by atoms with E-state index in [1.54, 1.807) is 0 Å². The Bertz CT molecular complexity index is 1300. The van der Waals surface area contributed by atoms with Crippen molar-refractivity contribution in [1.82, 2.24) is 0 Å². The smallest absolute Gasteiger partial charge is 0.335 e. The Hall–Kier alpha value is -3.35. The van der Waals surface area contributed by atoms with E-state index >= 15 is 0 Å². The third-order valence-corrected chi connectivity index (χ3v) is 10.6. The minimum absolute atomic E-state index is 0.109. The number of esters is 2. The summed E-state index contributed by atoms with van der Waals surface area (Å²) in [4.78, 5) is 36.9. The Labute approximate surface area is 374 Å². The molecule has 354 valence electrons. The molecular formula is C51H84O11. The van der Waals surface area contributed by atoms with Crippen LogP contribution < -0.4 is 0 Å². The van der Waals surface area contributed by atoms with Gasteiger partial charge in [-0.15, -0.1) is 0 Å². The summed E-state index contributed by atoms with van der Waals surface area (Å²) in [6, 6.07) is 0. The van der Waals surface area contributed by atoms with Gasteiger partial charge in [0.05, 0.1) is 6.61 Å². The second-order valence-electron chi connectivity index (χ2n) is 16.2. The first-order chi connectivity index (χ1) is 30.2. The molecule has 0 bridgehead atoms. The SMILES string of the molecule is CC/C=C\C/C=C\C/C=C\C/C=C\C/C=C\C/C=C\CCC(=O)OCC(COC1OC(C(=O)O)C(O)C(O)C1O)OC(=O)CCCCCCCCCCCCCCCCCCC. The second kappa shape index (κ2) is 40.4. The molecular weight excluding hydrogens is 789 g/mol. The third kappa shape index (κ3) is 31.5. The highest BCUT2D eigenvalue weighted by atomic mass is 16.7. The molecule has 0 aromatic carbocycles. The fraction of sp³-hybridized carbons (Fsp3) is 0.706. The lowest BCUT2D eigenvalue weighted by Crippen LogP contribution is -2.60. The highest BCUT2D eigenvalue weighted by Crippen LogP contribution is 2.23. The summed E-state index contributed by atoms with van der Waals surface area (Å²) in [5, 5.41) is 39.9. The van der Waals surface area contributed by atoms with Crippen LogP contribution >= 0.6 is 0 Å². The van der Waals surface area contributed by atoms with E-state index in [1.807, 2.05) is 12.2 Å². The fourth-order valence-corrected chi connectivity index (χ4v) is 6.85. The van der Waals surface area contributed by atoms with Gasteiger partial charge in [-0.05, 0) is 51.4 Å². The maximum atomic E-state index is 12.8. The monoisotopic (exact) mass is 873 g/mol. The molecule has 0 radical (unpaired) electrons. The van der Waals surface area contributed by atoms with Gasteiger partial charge in [0.2, 0.25) is 0 Å². The molecule has 1 heterocycles. The fourth-order valence-electron chi connectivity index (χ4n) is 6.85. The van der Waals surface area contributed by atoms with Gasteiger partial charge in [0, 0.05) is 12.8 Å². The summed E-state index contributed by atoms with van der Waals surface area (Å²) in [5.74, 6) is -2.55. The number of allylic oxidation sites excluding steroid dienone is 12. The zero-order valence-corrected chi connectivity index (χ0v) is 38.3. The van der Waals surface area contributed by atoms with Crippen molar-refractivity contribution in [1.29, 1.82) is 0 Å². The number of aliphatic carboxylic acids is 1. The first-order valence-electron chi connectivity index (χ1n) is 24.0. The van der Waals surface area contributed by atoms with E-state index in [0.29, 0.717) is 12.8 Å². The van der Waals surface area contributed by atoms with Gasteiger partial charge in [-0.1, -0.05) is 189 Å². The van der Waals surface area contributed by atoms with Crippen LogP contribution in [0.4, 0.5) is 0 Å². The Balaban J connectivity index is 2.39. The lowest BCUT2D eigenvalue weighted by Gasteiger charge is -2.38. The molecule has 1 saturated heterocycles. The second-order valence-corrected chi connectivity index (χ2v) is 16.2. The number of hydrogen-bond acceptors (Lipinski definition) is 10. The molecule has 0 amide bonds. The van der Waals surface area contributed by atoms with Crippen molar-refractivity contribution < 1.29 is 53.8 Å². The van der Waals surface area contributed by atoms with E-state index in [-0.39, 0.29) is 19.4 Å². The van der Waals surface area contributed by atoms with E-state index in [2.05, 4.69) is 74.6 Å². The molecule has 0 saturated carbocycles. The molecule has 4 N–H and O–H groups in total. The van der Waals surface area contributed by atoms with Gasteiger partial charge in [-0.25, -0.2) is 4.79 Å². The number of aliphatic hydroxyl groups is 3. The molecule has 6 unspecified atom stereocenters. The van der Waals surface area contributed by atoms with Crippen molar-refractivity contribution in [3.63, 3.8) is 0 Å². The number of aliphatic hydroxyl groups excluding tert-OH is 3. The van der Waals surface area contributed by atoms with Gasteiger partial charge in [-0.3, -0.25) is 9.59 Å². The summed E-state index contributed by atoms with van der Waals surface area (Å²) in [7, 11) is 0. The van der Waals surface area contributed by atoms with E-state index in [0.717, 1.165) is 57.8 Å². The predicted molar refractivity (Wildman–Crippen MR) is 247 cm³/mol. The average molecular weight is 873 g/mol. The Morgan fingerprint density at radius 3 is 1.40 bits per heavy atom. The Morgan fingerprint density at radius 1 is 0.516 bits per heavy atom. The molecule has 0 aromatic rings. The number of ether oxygens (including phenoxy) is 4. The maximum absolute atomic E-state index is 12.8. The van der Waals surface area contributed by atoms with Gasteiger partial charge in [0.15, 0.2) is 18.5 Å². The van der Waals surface area contributed by atoms with Gasteiger partial charge in [0.1, 0.15) is 24.9 Å². The Kier molecular flexibility index (Phi) is 36.9. The van der Waals surface area contributed by atoms with Gasteiger partial charge >= 0.3 is 17.9 Å². The summed E-state index contributed by atoms with van der Waals surface area (Å²) >= 11 is 0. The van der Waals surface area contributed by atoms with Crippen molar-refractivity contribution in [3.05, 3.63) is 72.9 Å². The first kappa shape index (κ1) is 56.7. The molecule has 62 heavy (non-hydrogen) atoms. The summed E-state index contributed by atoms with van der Waals surface area (Å²) in [6.45, 7) is 3.64. The van der Waals surface area contributed by atoms with Crippen molar-refractivity contribution in [2.24, 2.45) is 0 Å². The number of carboxylic acids is 1. The van der Waals surface area contributed by atoms with Crippen molar-refractivity contribution >= 4 is 17.9 Å². The molecule has 1 aliphatic heterocycles. The van der Waals surface area contributed by atoms with Gasteiger partial charge in [-0.2, -0.15) is 0 Å². The minimum atomic E-state index is -1.87. The first-order valence-corrected chi connectivity index (χ1v) is 24.0. The van der Waals surface area contributed by atoms with E-state index in [4.69, 9.17) is 18.9 Å². The average Bonchev–Trinajstić information content (AvgIpc) is 3.26. The highest BCUT2D eigenvalue weighted by molar-refractivity contribution is 5.73. The number of unbranched alkanes of at least 4 members (excludes halogenated alkanes) is 16. The van der Waals surface area contributed by atoms with Crippen LogP contribution in [0.3, 0.4) is 0 Å². The van der Waals surface area contributed by atoms with Crippen LogP contribution in [0.15, 0.2) is 72.9 Å². The molecule has 0 spiro atoms. The quantitative estimate of drug-likeness (QED) is 0.0263. The van der Waals surface area contributed by atoms with Crippen molar-refractivity contribution in [2.75, 3.05) is 13.2 Å². The lowest BCUT2D eigenvalue weighted by molar-refractivity contribution is -0.298. The van der Waals surface area contributed by atoms with Crippen molar-refractivity contribution in [3.8, 4) is 0 Å². The number of carbonyl (C=O) groups is 3. The van der Waals surface area contributed by atoms with Gasteiger partial charge in [0.25, 0.3) is 0 Å². The van der Waals surface area contributed by atoms with Crippen LogP contribution in [0.2, 0.25) is 0 Å². The normalized spacial score (nSPS) is 20.2. The van der Waals surface area contributed by atoms with Crippen molar-refractivity contribution in [2.45, 2.75) is 218 Å². The molecule has 0 aliphatic carbocycles. The number of rotatable bonds is 39. The topological polar surface area (TPSA) is 169 Å². The molecule has 11 heteroatoms. The van der Waals surface area contributed by atoms with Gasteiger partial charge < -0.3 is 39.4 Å². The zero-order valence-electron chi connectivity index (χ0n) is 38.3. The molecule has 1 fully saturated rings. The Morgan fingerprint density at radius 2 is 0.952 bits per heavy atom. The number of carboxylic acid groups (broad SMARTS) is 1. The number of hydrogen-bond donors (Lipinski definition) is 4. The van der Waals surface area contributed by atoms with E-state index in [1.165, 1.54) is 83.5 Å². The van der Waals surface area contributed by atoms with Crippen LogP contribution in [0.1, 0.15) is 181 Å². The molecule has 1 aliphatic rings. The van der Waals surface area contributed by atoms with Crippen LogP contribution in [0.5, 0.6) is 0 Å². The van der Waals surface area contributed by atoms with Crippen LogP contribution in [-0.4, -0.2) is 88.4 Å². The molecule has 11 nitrogen and oxygen atoms in total. The predicted octanol–water partition coefficient (Wildman–Crippen LogP) is 10.9. The van der Waals surface area contributed by atoms with E-state index < -0.39 is 61.3 Å². The van der Waals surface area contributed by atoms with E-state index in [9.17, 15) is 34.8 Å². The molecule has 6 atom stereocenters. The van der Waals surface area contributed by atoms with Crippen LogP contribution in [-0.2, 0) is 33.3 Å². The summed E-state index contributed by atoms with van der Waals surface area (Å²) in [6.07, 6.45) is 42.5. The molecule has 0 aromatic heterocycles.